The lowest BCUT2D eigenvalue weighted by atomic mass is 9.99. The van der Waals surface area contributed by atoms with Gasteiger partial charge in [-0.25, -0.2) is 17.9 Å². The Kier molecular flexibility index (Phi) is 4.48. The van der Waals surface area contributed by atoms with Crippen LogP contribution in [0.2, 0.25) is 0 Å². The van der Waals surface area contributed by atoms with Gasteiger partial charge in [-0.3, -0.25) is 13.9 Å². The maximum absolute atomic E-state index is 12.9. The third kappa shape index (κ3) is 3.02. The number of carbonyl (C=O) groups excluding carboxylic acids is 1. The van der Waals surface area contributed by atoms with E-state index < -0.39 is 21.3 Å². The molecule has 154 valence electrons. The minimum absolute atomic E-state index is 0.0424. The van der Waals surface area contributed by atoms with Gasteiger partial charge >= 0.3 is 5.69 Å². The first-order chi connectivity index (χ1) is 13.6. The molecule has 0 spiro atoms. The van der Waals surface area contributed by atoms with Gasteiger partial charge in [0, 0.05) is 30.5 Å². The number of fused-ring (bicyclic) bond motifs is 1. The molecule has 3 aromatic rings. The highest BCUT2D eigenvalue weighted by atomic mass is 79.9. The Balaban J connectivity index is 1.73. The minimum Gasteiger partial charge on any atom is -0.364 e. The van der Waals surface area contributed by atoms with Crippen molar-refractivity contribution < 1.29 is 17.7 Å². The fourth-order valence-corrected chi connectivity index (χ4v) is 5.42. The number of aryl methyl sites for hydroxylation is 2. The fourth-order valence-electron chi connectivity index (χ4n) is 3.41. The second kappa shape index (κ2) is 6.54. The van der Waals surface area contributed by atoms with Crippen LogP contribution in [0, 0.1) is 0 Å². The Hall–Kier alpha value is -2.44. The summed E-state index contributed by atoms with van der Waals surface area (Å²) in [5, 5.41) is 3.87. The van der Waals surface area contributed by atoms with E-state index in [1.807, 2.05) is 0 Å². The first kappa shape index (κ1) is 19.9. The number of aromatic nitrogens is 3. The maximum atomic E-state index is 12.9. The average molecular weight is 484 g/mol. The fraction of sp³-hybridized carbons (Fsp3) is 0.353. The number of halogens is 1. The highest BCUT2D eigenvalue weighted by Gasteiger charge is 2.48. The molecule has 2 aromatic heterocycles. The zero-order valence-corrected chi connectivity index (χ0v) is 18.0. The number of nitrogens with one attached hydrogen (secondary N) is 1. The number of amides is 1. The Morgan fingerprint density at radius 3 is 2.52 bits per heavy atom. The van der Waals surface area contributed by atoms with Gasteiger partial charge in [0.15, 0.2) is 0 Å². The Bertz CT molecular complexity index is 1320. The Morgan fingerprint density at radius 1 is 1.31 bits per heavy atom. The molecule has 1 fully saturated rings. The van der Waals surface area contributed by atoms with E-state index in [4.69, 9.17) is 10.3 Å². The molecular weight excluding hydrogens is 466 g/mol. The summed E-state index contributed by atoms with van der Waals surface area (Å²) >= 11 is 3.22. The van der Waals surface area contributed by atoms with Crippen molar-refractivity contribution in [3.05, 3.63) is 44.6 Å². The smallest absolute Gasteiger partial charge is 0.328 e. The van der Waals surface area contributed by atoms with Crippen molar-refractivity contribution in [2.24, 2.45) is 19.8 Å². The van der Waals surface area contributed by atoms with Crippen molar-refractivity contribution in [2.75, 3.05) is 6.54 Å². The van der Waals surface area contributed by atoms with E-state index in [2.05, 4.69) is 25.8 Å². The highest BCUT2D eigenvalue weighted by Crippen LogP contribution is 2.47. The van der Waals surface area contributed by atoms with Crippen LogP contribution in [0.25, 0.3) is 11.0 Å². The molecule has 1 saturated carbocycles. The van der Waals surface area contributed by atoms with E-state index in [1.165, 1.54) is 21.3 Å². The third-order valence-electron chi connectivity index (χ3n) is 5.40. The first-order valence-electron chi connectivity index (χ1n) is 8.68. The molecule has 0 aliphatic heterocycles. The number of rotatable bonds is 5. The number of hydrogen-bond donors (Lipinski definition) is 2. The van der Waals surface area contributed by atoms with E-state index in [0.29, 0.717) is 16.7 Å². The molecule has 1 amide bonds. The number of benzene rings is 1. The molecule has 10 nitrogen and oxygen atoms in total. The summed E-state index contributed by atoms with van der Waals surface area (Å²) in [6, 6.07) is 2.86. The van der Waals surface area contributed by atoms with Gasteiger partial charge in [0.05, 0.1) is 11.0 Å². The summed E-state index contributed by atoms with van der Waals surface area (Å²) in [6.45, 7) is 0.289. The predicted octanol–water partition coefficient (Wildman–Crippen LogP) is 0.736. The Morgan fingerprint density at radius 2 is 1.93 bits per heavy atom. The predicted molar refractivity (Wildman–Crippen MR) is 107 cm³/mol. The van der Waals surface area contributed by atoms with Crippen LogP contribution >= 0.6 is 15.9 Å². The zero-order chi connectivity index (χ0) is 21.1. The van der Waals surface area contributed by atoms with Crippen molar-refractivity contribution in [1.82, 2.24) is 19.0 Å². The van der Waals surface area contributed by atoms with Gasteiger partial charge in [0.1, 0.15) is 22.4 Å². The van der Waals surface area contributed by atoms with Crippen molar-refractivity contribution in [2.45, 2.75) is 23.2 Å². The van der Waals surface area contributed by atoms with E-state index in [1.54, 1.807) is 14.1 Å². The number of imidazole rings is 1. The average Bonchev–Trinajstić information content (AvgIpc) is 3.26. The van der Waals surface area contributed by atoms with Gasteiger partial charge in [-0.2, -0.15) is 0 Å². The summed E-state index contributed by atoms with van der Waals surface area (Å²) in [4.78, 5) is 24.7. The van der Waals surface area contributed by atoms with Gasteiger partial charge in [-0.05, 0) is 40.9 Å². The minimum atomic E-state index is -4.25. The van der Waals surface area contributed by atoms with Crippen LogP contribution in [0.4, 0.5) is 0 Å². The summed E-state index contributed by atoms with van der Waals surface area (Å²) < 4.78 is 35.8. The number of nitrogens with zero attached hydrogens (tertiary/aromatic N) is 3. The lowest BCUT2D eigenvalue weighted by Crippen LogP contribution is -2.33. The van der Waals surface area contributed by atoms with Crippen molar-refractivity contribution >= 4 is 42.9 Å². The summed E-state index contributed by atoms with van der Waals surface area (Å²) in [7, 11) is -1.12. The maximum Gasteiger partial charge on any atom is 0.328 e. The summed E-state index contributed by atoms with van der Waals surface area (Å²) in [6.07, 6.45) is 2.63. The molecule has 0 unspecified atom stereocenters. The topological polar surface area (TPSA) is 142 Å². The standard InChI is InChI=1S/C17H18BrN5O5S/c1-22-11-5-10(18)13(6-12(11)23(2)16(22)25)29(26,27)21-15(24)9-7-28-20-14(9)17(8-19)3-4-17/h5-7H,3-4,8,19H2,1-2H3,(H,21,24). The third-order valence-corrected chi connectivity index (χ3v) is 7.69. The first-order valence-corrected chi connectivity index (χ1v) is 11.0. The van der Waals surface area contributed by atoms with E-state index in [9.17, 15) is 18.0 Å². The lowest BCUT2D eigenvalue weighted by Gasteiger charge is -2.12. The summed E-state index contributed by atoms with van der Waals surface area (Å²) in [5.74, 6) is -0.852. The van der Waals surface area contributed by atoms with Crippen LogP contribution in [0.5, 0.6) is 0 Å². The van der Waals surface area contributed by atoms with Gasteiger partial charge in [0.2, 0.25) is 0 Å². The van der Waals surface area contributed by atoms with Crippen LogP contribution < -0.4 is 16.1 Å². The SMILES string of the molecule is Cn1c(=O)n(C)c2cc(S(=O)(=O)NC(=O)c3conc3C3(CN)CC3)c(Br)cc21. The number of nitrogens with two attached hydrogens (primary N) is 1. The highest BCUT2D eigenvalue weighted by molar-refractivity contribution is 9.10. The molecular formula is C17H18BrN5O5S. The van der Waals surface area contributed by atoms with Crippen LogP contribution in [0.3, 0.4) is 0 Å². The van der Waals surface area contributed by atoms with Gasteiger partial charge < -0.3 is 10.3 Å². The number of hydrogen-bond acceptors (Lipinski definition) is 7. The Labute approximate surface area is 173 Å². The molecule has 1 aliphatic carbocycles. The lowest BCUT2D eigenvalue weighted by molar-refractivity contribution is 0.0979. The molecule has 0 radical (unpaired) electrons. The van der Waals surface area contributed by atoms with Crippen molar-refractivity contribution in [3.8, 4) is 0 Å². The van der Waals surface area contributed by atoms with Crippen LogP contribution in [-0.4, -0.2) is 35.2 Å². The summed E-state index contributed by atoms with van der Waals surface area (Å²) in [5.41, 5.74) is 6.42. The van der Waals surface area contributed by atoms with Gasteiger partial charge in [-0.1, -0.05) is 5.16 Å². The van der Waals surface area contributed by atoms with Gasteiger partial charge in [0.25, 0.3) is 15.9 Å². The second-order valence-electron chi connectivity index (χ2n) is 7.17. The van der Waals surface area contributed by atoms with E-state index in [0.717, 1.165) is 19.1 Å². The normalized spacial score (nSPS) is 15.6. The number of carbonyl (C=O) groups is 1. The molecule has 1 aromatic carbocycles. The van der Waals surface area contributed by atoms with Crippen LogP contribution in [0.15, 0.2) is 37.1 Å². The molecule has 0 saturated heterocycles. The molecule has 0 bridgehead atoms. The molecule has 4 rings (SSSR count). The van der Waals surface area contributed by atoms with E-state index >= 15 is 0 Å². The van der Waals surface area contributed by atoms with Crippen LogP contribution in [0.1, 0.15) is 28.9 Å². The quantitative estimate of drug-likeness (QED) is 0.544. The van der Waals surface area contributed by atoms with Crippen molar-refractivity contribution in [3.63, 3.8) is 0 Å². The molecule has 1 aliphatic rings. The number of sulfonamides is 1. The zero-order valence-electron chi connectivity index (χ0n) is 15.6. The second-order valence-corrected chi connectivity index (χ2v) is 9.67. The monoisotopic (exact) mass is 483 g/mol. The van der Waals surface area contributed by atoms with E-state index in [-0.39, 0.29) is 27.2 Å². The van der Waals surface area contributed by atoms with Crippen molar-refractivity contribution in [1.29, 1.82) is 0 Å². The largest absolute Gasteiger partial charge is 0.364 e. The molecule has 12 heteroatoms. The van der Waals surface area contributed by atoms with Crippen LogP contribution in [-0.2, 0) is 29.5 Å². The molecule has 2 heterocycles. The molecule has 3 N–H and O–H groups in total. The molecule has 29 heavy (non-hydrogen) atoms. The van der Waals surface area contributed by atoms with Gasteiger partial charge in [-0.15, -0.1) is 0 Å². The molecule has 0 atom stereocenters.